The van der Waals surface area contributed by atoms with Gasteiger partial charge in [-0.3, -0.25) is 9.80 Å². The molecule has 4 aromatic rings. The van der Waals surface area contributed by atoms with Crippen molar-refractivity contribution in [3.8, 4) is 16.9 Å². The molecule has 1 aliphatic heterocycles. The molecule has 0 spiro atoms. The number of aryl methyl sites for hydroxylation is 1. The summed E-state index contributed by atoms with van der Waals surface area (Å²) in [6.07, 6.45) is -0.463. The van der Waals surface area contributed by atoms with Crippen LogP contribution >= 0.6 is 11.6 Å². The van der Waals surface area contributed by atoms with Gasteiger partial charge in [-0.05, 0) is 66.1 Å². The van der Waals surface area contributed by atoms with Crippen LogP contribution in [0.15, 0.2) is 66.9 Å². The zero-order valence-corrected chi connectivity index (χ0v) is 24.9. The maximum absolute atomic E-state index is 12.9. The molecule has 1 saturated heterocycles. The minimum atomic E-state index is -4.73. The standard InChI is InChI=1S/C33H38ClF3N4O/c1-3-4-13-41-23-30(28-11-10-27(42-33(35,36)37)19-26(28)20-38-2)29-18-24(9-12-32(29)41)21-39-14-16-40(17-15-39)22-25-7-5-6-8-31(25)34/h5-12,18-19,23,38H,3-4,13-17,20-22H2,1-2H3. The van der Waals surface area contributed by atoms with E-state index in [2.05, 4.69) is 61.8 Å². The number of piperazine rings is 1. The normalized spacial score (nSPS) is 15.0. The quantitative estimate of drug-likeness (QED) is 0.192. The number of rotatable bonds is 11. The van der Waals surface area contributed by atoms with E-state index in [0.717, 1.165) is 96.8 Å². The third-order valence-corrected chi connectivity index (χ3v) is 8.26. The first kappa shape index (κ1) is 30.4. The van der Waals surface area contributed by atoms with Crippen molar-refractivity contribution >= 4 is 22.5 Å². The molecule has 1 fully saturated rings. The van der Waals surface area contributed by atoms with Crippen LogP contribution in [0.2, 0.25) is 5.02 Å². The van der Waals surface area contributed by atoms with Crippen LogP contribution in [0.5, 0.6) is 5.75 Å². The maximum atomic E-state index is 12.9. The van der Waals surface area contributed by atoms with Crippen LogP contribution < -0.4 is 10.1 Å². The van der Waals surface area contributed by atoms with E-state index in [1.165, 1.54) is 17.7 Å². The van der Waals surface area contributed by atoms with Crippen molar-refractivity contribution in [2.75, 3.05) is 33.2 Å². The van der Waals surface area contributed by atoms with Crippen LogP contribution in [-0.2, 0) is 26.2 Å². The second-order valence-corrected chi connectivity index (χ2v) is 11.4. The van der Waals surface area contributed by atoms with Crippen molar-refractivity contribution in [2.45, 2.75) is 52.3 Å². The average Bonchev–Trinajstić information content (AvgIpc) is 3.31. The number of fused-ring (bicyclic) bond motifs is 1. The number of unbranched alkanes of at least 4 members (excludes halogenated alkanes) is 1. The summed E-state index contributed by atoms with van der Waals surface area (Å²) in [7, 11) is 1.79. The first-order chi connectivity index (χ1) is 20.2. The lowest BCUT2D eigenvalue weighted by molar-refractivity contribution is -0.274. The third kappa shape index (κ3) is 7.48. The van der Waals surface area contributed by atoms with E-state index in [9.17, 15) is 13.2 Å². The predicted octanol–water partition coefficient (Wildman–Crippen LogP) is 7.70. The smallest absolute Gasteiger partial charge is 0.406 e. The summed E-state index contributed by atoms with van der Waals surface area (Å²) in [6.45, 7) is 9.08. The highest BCUT2D eigenvalue weighted by molar-refractivity contribution is 6.31. The van der Waals surface area contributed by atoms with Gasteiger partial charge in [0.05, 0.1) is 0 Å². The minimum absolute atomic E-state index is 0.208. The first-order valence-corrected chi connectivity index (χ1v) is 15.0. The Hall–Kier alpha value is -3.04. The summed E-state index contributed by atoms with van der Waals surface area (Å²) in [6, 6.07) is 19.3. The van der Waals surface area contributed by atoms with Crippen LogP contribution in [0, 0.1) is 0 Å². The molecule has 224 valence electrons. The Labute approximate surface area is 250 Å². The molecule has 0 amide bonds. The van der Waals surface area contributed by atoms with Crippen LogP contribution in [0.3, 0.4) is 0 Å². The number of alkyl halides is 3. The van der Waals surface area contributed by atoms with Gasteiger partial charge in [0.25, 0.3) is 0 Å². The summed E-state index contributed by atoms with van der Waals surface area (Å²) < 4.78 is 45.3. The number of aromatic nitrogens is 1. The highest BCUT2D eigenvalue weighted by Gasteiger charge is 2.31. The van der Waals surface area contributed by atoms with Crippen molar-refractivity contribution in [3.05, 3.63) is 88.6 Å². The number of nitrogens with zero attached hydrogens (tertiary/aromatic N) is 3. The molecule has 1 N–H and O–H groups in total. The van der Waals surface area contributed by atoms with Crippen LogP contribution in [0.1, 0.15) is 36.5 Å². The molecule has 5 rings (SSSR count). The number of nitrogens with one attached hydrogen (secondary N) is 1. The predicted molar refractivity (Wildman–Crippen MR) is 164 cm³/mol. The molecule has 42 heavy (non-hydrogen) atoms. The Morgan fingerprint density at radius 2 is 1.62 bits per heavy atom. The number of ether oxygens (including phenoxy) is 1. The van der Waals surface area contributed by atoms with Gasteiger partial charge in [-0.2, -0.15) is 0 Å². The molecular formula is C33H38ClF3N4O. The zero-order valence-electron chi connectivity index (χ0n) is 24.2. The fourth-order valence-electron chi connectivity index (χ4n) is 5.77. The fourth-order valence-corrected chi connectivity index (χ4v) is 5.96. The summed E-state index contributed by atoms with van der Waals surface area (Å²) in [5.74, 6) is -0.208. The Morgan fingerprint density at radius 1 is 0.881 bits per heavy atom. The van der Waals surface area contributed by atoms with Crippen molar-refractivity contribution in [3.63, 3.8) is 0 Å². The molecule has 1 aliphatic rings. The largest absolute Gasteiger partial charge is 0.573 e. The second kappa shape index (κ2) is 13.5. The lowest BCUT2D eigenvalue weighted by Crippen LogP contribution is -2.45. The van der Waals surface area contributed by atoms with Gasteiger partial charge < -0.3 is 14.6 Å². The van der Waals surface area contributed by atoms with Gasteiger partial charge in [0.1, 0.15) is 5.75 Å². The Balaban J connectivity index is 1.39. The van der Waals surface area contributed by atoms with E-state index in [1.807, 2.05) is 18.2 Å². The van der Waals surface area contributed by atoms with E-state index in [1.54, 1.807) is 13.1 Å². The van der Waals surface area contributed by atoms with Crippen molar-refractivity contribution in [1.82, 2.24) is 19.7 Å². The monoisotopic (exact) mass is 598 g/mol. The SMILES string of the molecule is CCCCn1cc(-c2ccc(OC(F)(F)F)cc2CNC)c2cc(CN3CCN(Cc4ccccc4Cl)CC3)ccc21. The average molecular weight is 599 g/mol. The van der Waals surface area contributed by atoms with E-state index in [-0.39, 0.29) is 5.75 Å². The molecular weight excluding hydrogens is 561 g/mol. The van der Waals surface area contributed by atoms with Crippen molar-refractivity contribution in [2.24, 2.45) is 0 Å². The minimum Gasteiger partial charge on any atom is -0.406 e. The Kier molecular flexibility index (Phi) is 9.78. The second-order valence-electron chi connectivity index (χ2n) is 11.0. The topological polar surface area (TPSA) is 32.7 Å². The van der Waals surface area contributed by atoms with Crippen molar-refractivity contribution in [1.29, 1.82) is 0 Å². The third-order valence-electron chi connectivity index (χ3n) is 7.89. The van der Waals surface area contributed by atoms with Gasteiger partial charge in [-0.25, -0.2) is 0 Å². The van der Waals surface area contributed by atoms with Gasteiger partial charge >= 0.3 is 6.36 Å². The molecule has 2 heterocycles. The lowest BCUT2D eigenvalue weighted by atomic mass is 9.97. The molecule has 0 aliphatic carbocycles. The fraction of sp³-hybridized carbons (Fsp3) is 0.394. The van der Waals surface area contributed by atoms with Crippen LogP contribution in [0.4, 0.5) is 13.2 Å². The molecule has 0 saturated carbocycles. The van der Waals surface area contributed by atoms with Crippen molar-refractivity contribution < 1.29 is 17.9 Å². The van der Waals surface area contributed by atoms with Crippen LogP contribution in [0.25, 0.3) is 22.0 Å². The van der Waals surface area contributed by atoms with Gasteiger partial charge in [0.2, 0.25) is 0 Å². The molecule has 0 atom stereocenters. The number of halogens is 4. The molecule has 9 heteroatoms. The van der Waals surface area contributed by atoms with E-state index in [0.29, 0.717) is 6.54 Å². The summed E-state index contributed by atoms with van der Waals surface area (Å²) >= 11 is 6.38. The molecule has 3 aromatic carbocycles. The van der Waals surface area contributed by atoms with Crippen LogP contribution in [-0.4, -0.2) is 54.0 Å². The molecule has 5 nitrogen and oxygen atoms in total. The maximum Gasteiger partial charge on any atom is 0.573 e. The van der Waals surface area contributed by atoms with Gasteiger partial charge in [0, 0.05) is 80.0 Å². The van der Waals surface area contributed by atoms with Gasteiger partial charge in [-0.1, -0.05) is 55.3 Å². The number of hydrogen-bond donors (Lipinski definition) is 1. The van der Waals surface area contributed by atoms with E-state index in [4.69, 9.17) is 11.6 Å². The summed E-state index contributed by atoms with van der Waals surface area (Å²) in [5, 5.41) is 5.03. The lowest BCUT2D eigenvalue weighted by Gasteiger charge is -2.35. The Bertz CT molecular complexity index is 1490. The molecule has 0 radical (unpaired) electrons. The molecule has 1 aromatic heterocycles. The number of hydrogen-bond acceptors (Lipinski definition) is 4. The van der Waals surface area contributed by atoms with E-state index >= 15 is 0 Å². The summed E-state index contributed by atoms with van der Waals surface area (Å²) in [4.78, 5) is 4.93. The Morgan fingerprint density at radius 3 is 2.31 bits per heavy atom. The molecule has 0 bridgehead atoms. The van der Waals surface area contributed by atoms with Gasteiger partial charge in [0.15, 0.2) is 0 Å². The highest BCUT2D eigenvalue weighted by atomic mass is 35.5. The first-order valence-electron chi connectivity index (χ1n) is 14.6. The van der Waals surface area contributed by atoms with Gasteiger partial charge in [-0.15, -0.1) is 13.2 Å². The summed E-state index contributed by atoms with van der Waals surface area (Å²) in [5.41, 5.74) is 6.21. The number of benzene rings is 3. The molecule has 0 unspecified atom stereocenters. The highest BCUT2D eigenvalue weighted by Crippen LogP contribution is 2.36. The van der Waals surface area contributed by atoms with E-state index < -0.39 is 6.36 Å². The zero-order chi connectivity index (χ0) is 29.7.